The number of halogens is 3. The highest BCUT2D eigenvalue weighted by atomic mass is 19.4. The lowest BCUT2D eigenvalue weighted by Crippen LogP contribution is -2.55. The molecule has 1 heterocycles. The van der Waals surface area contributed by atoms with E-state index in [0.717, 1.165) is 43.2 Å². The van der Waals surface area contributed by atoms with Crippen molar-refractivity contribution in [3.05, 3.63) is 71.8 Å². The van der Waals surface area contributed by atoms with E-state index in [1.807, 2.05) is 60.7 Å². The van der Waals surface area contributed by atoms with Crippen LogP contribution >= 0.6 is 0 Å². The molecule has 4 rings (SSSR count). The number of hydrogen-bond acceptors (Lipinski definition) is 4. The minimum atomic E-state index is -5.12. The number of likely N-dealkylation sites (tertiary alicyclic amines) is 1. The van der Waals surface area contributed by atoms with E-state index in [2.05, 4.69) is 5.32 Å². The fourth-order valence-corrected chi connectivity index (χ4v) is 4.88. The van der Waals surface area contributed by atoms with Crippen LogP contribution < -0.4 is 5.32 Å². The molecule has 2 amide bonds. The molecule has 0 unspecified atom stereocenters. The van der Waals surface area contributed by atoms with Crippen LogP contribution in [0.1, 0.15) is 43.2 Å². The van der Waals surface area contributed by atoms with Gasteiger partial charge in [0.2, 0.25) is 5.91 Å². The van der Waals surface area contributed by atoms with Gasteiger partial charge in [0, 0.05) is 6.04 Å². The highest BCUT2D eigenvalue weighted by Gasteiger charge is 2.55. The van der Waals surface area contributed by atoms with Gasteiger partial charge in [-0.1, -0.05) is 79.9 Å². The van der Waals surface area contributed by atoms with Crippen LogP contribution in [0.2, 0.25) is 0 Å². The van der Waals surface area contributed by atoms with Crippen molar-refractivity contribution in [2.24, 2.45) is 0 Å². The highest BCUT2D eigenvalue weighted by Crippen LogP contribution is 2.31. The summed E-state index contributed by atoms with van der Waals surface area (Å²) in [5.74, 6) is -2.70. The monoisotopic (exact) mass is 504 g/mol. The largest absolute Gasteiger partial charge is 0.471 e. The molecule has 1 aliphatic heterocycles. The summed E-state index contributed by atoms with van der Waals surface area (Å²) in [6.45, 7) is -0.215. The molecule has 0 radical (unpaired) electrons. The van der Waals surface area contributed by atoms with Gasteiger partial charge >= 0.3 is 12.1 Å². The van der Waals surface area contributed by atoms with Crippen molar-refractivity contribution in [2.75, 3.05) is 6.54 Å². The Morgan fingerprint density at radius 3 is 1.97 bits per heavy atom. The molecule has 2 aromatic rings. The number of carbonyl (C=O) groups is 2. The van der Waals surface area contributed by atoms with Gasteiger partial charge in [0.25, 0.3) is 0 Å². The molecule has 2 fully saturated rings. The van der Waals surface area contributed by atoms with Crippen LogP contribution in [-0.4, -0.2) is 53.7 Å². The second-order valence-electron chi connectivity index (χ2n) is 9.34. The maximum Gasteiger partial charge on any atom is 0.471 e. The van der Waals surface area contributed by atoms with Gasteiger partial charge in [-0.15, -0.1) is 0 Å². The number of carbonyl (C=O) groups excluding carboxylic acids is 2. The first-order chi connectivity index (χ1) is 17.3. The third-order valence-corrected chi connectivity index (χ3v) is 6.71. The number of hydrogen-bond donors (Lipinski definition) is 1. The summed E-state index contributed by atoms with van der Waals surface area (Å²) in [6.07, 6.45) is -2.64. The van der Waals surface area contributed by atoms with Crippen LogP contribution in [0.25, 0.3) is 0 Å². The fraction of sp³-hybridized carbons (Fsp3) is 0.481. The van der Waals surface area contributed by atoms with E-state index < -0.39 is 42.8 Å². The molecular formula is C27H31F3N2O4. The molecule has 3 atom stereocenters. The lowest BCUT2D eigenvalue weighted by atomic mass is 9.95. The van der Waals surface area contributed by atoms with Crippen LogP contribution in [-0.2, 0) is 32.3 Å². The Balaban J connectivity index is 1.59. The van der Waals surface area contributed by atoms with E-state index >= 15 is 0 Å². The Morgan fingerprint density at radius 2 is 1.42 bits per heavy atom. The molecule has 0 bridgehead atoms. The lowest BCUT2D eigenvalue weighted by molar-refractivity contribution is -0.188. The predicted molar refractivity (Wildman–Crippen MR) is 127 cm³/mol. The number of alkyl halides is 3. The standard InChI is InChI=1S/C27H31F3N2O4/c28-27(29,30)26(34)32-16-22(35-17-19-10-4-1-5-11-19)24(36-18-20-12-6-2-7-13-20)23(32)25(33)31-21-14-8-3-9-15-21/h1-2,4-7,10-13,21-24H,3,8-9,14-18H2,(H,31,33)/t22-,23-,24+/m0/s1. The summed E-state index contributed by atoms with van der Waals surface area (Å²) in [7, 11) is 0. The zero-order chi connectivity index (χ0) is 25.5. The van der Waals surface area contributed by atoms with Gasteiger partial charge in [-0.2, -0.15) is 13.2 Å². The van der Waals surface area contributed by atoms with E-state index in [0.29, 0.717) is 4.90 Å². The summed E-state index contributed by atoms with van der Waals surface area (Å²) in [5, 5.41) is 2.88. The number of nitrogens with zero attached hydrogens (tertiary/aromatic N) is 1. The quantitative estimate of drug-likeness (QED) is 0.580. The van der Waals surface area contributed by atoms with Crippen molar-refractivity contribution in [1.82, 2.24) is 10.2 Å². The van der Waals surface area contributed by atoms with Crippen molar-refractivity contribution < 1.29 is 32.2 Å². The van der Waals surface area contributed by atoms with Crippen LogP contribution in [0.5, 0.6) is 0 Å². The van der Waals surface area contributed by atoms with Crippen LogP contribution in [0.3, 0.4) is 0 Å². The number of nitrogens with one attached hydrogen (secondary N) is 1. The smallest absolute Gasteiger partial charge is 0.369 e. The summed E-state index contributed by atoms with van der Waals surface area (Å²) < 4.78 is 52.7. The van der Waals surface area contributed by atoms with Crippen molar-refractivity contribution >= 4 is 11.8 Å². The molecule has 0 spiro atoms. The van der Waals surface area contributed by atoms with Gasteiger partial charge in [-0.05, 0) is 24.0 Å². The van der Waals surface area contributed by atoms with E-state index in [9.17, 15) is 22.8 Å². The van der Waals surface area contributed by atoms with Crippen LogP contribution in [0.15, 0.2) is 60.7 Å². The van der Waals surface area contributed by atoms with E-state index in [1.54, 1.807) is 0 Å². The summed E-state index contributed by atoms with van der Waals surface area (Å²) in [5.41, 5.74) is 1.62. The average Bonchev–Trinajstić information content (AvgIpc) is 3.25. The normalized spacial score (nSPS) is 23.0. The van der Waals surface area contributed by atoms with Gasteiger partial charge in [0.1, 0.15) is 18.2 Å². The molecule has 2 aliphatic rings. The Labute approximate surface area is 208 Å². The zero-order valence-electron chi connectivity index (χ0n) is 20.0. The maximum atomic E-state index is 13.5. The first kappa shape index (κ1) is 26.2. The first-order valence-corrected chi connectivity index (χ1v) is 12.3. The topological polar surface area (TPSA) is 67.9 Å². The number of ether oxygens (including phenoxy) is 2. The van der Waals surface area contributed by atoms with Crippen LogP contribution in [0.4, 0.5) is 13.2 Å². The van der Waals surface area contributed by atoms with E-state index in [4.69, 9.17) is 9.47 Å². The molecule has 9 heteroatoms. The molecule has 36 heavy (non-hydrogen) atoms. The van der Waals surface area contributed by atoms with Crippen molar-refractivity contribution in [1.29, 1.82) is 0 Å². The molecule has 1 saturated carbocycles. The Morgan fingerprint density at radius 1 is 0.861 bits per heavy atom. The third kappa shape index (κ3) is 6.64. The number of benzene rings is 2. The SMILES string of the molecule is O=C(NC1CCCCC1)[C@@H]1[C@H](OCc2ccccc2)[C@@H](OCc2ccccc2)CN1C(=O)C(F)(F)F. The highest BCUT2D eigenvalue weighted by molar-refractivity contribution is 5.91. The Hall–Kier alpha value is -2.91. The van der Waals surface area contributed by atoms with Crippen molar-refractivity contribution in [3.8, 4) is 0 Å². The predicted octanol–water partition coefficient (Wildman–Crippen LogP) is 4.38. The molecule has 2 aromatic carbocycles. The summed E-state index contributed by atoms with van der Waals surface area (Å²) in [4.78, 5) is 26.4. The Kier molecular flexibility index (Phi) is 8.64. The maximum absolute atomic E-state index is 13.5. The summed E-state index contributed by atoms with van der Waals surface area (Å²) >= 11 is 0. The van der Waals surface area contributed by atoms with Gasteiger partial charge in [-0.3, -0.25) is 9.59 Å². The molecule has 1 aliphatic carbocycles. The molecule has 1 saturated heterocycles. The molecule has 0 aromatic heterocycles. The van der Waals surface area contributed by atoms with E-state index in [-0.39, 0.29) is 19.3 Å². The third-order valence-electron chi connectivity index (χ3n) is 6.71. The van der Waals surface area contributed by atoms with Gasteiger partial charge < -0.3 is 19.7 Å². The van der Waals surface area contributed by atoms with Crippen molar-refractivity contribution in [3.63, 3.8) is 0 Å². The molecule has 194 valence electrons. The second kappa shape index (κ2) is 11.9. The zero-order valence-corrected chi connectivity index (χ0v) is 20.0. The van der Waals surface area contributed by atoms with Gasteiger partial charge in [0.15, 0.2) is 0 Å². The summed E-state index contributed by atoms with van der Waals surface area (Å²) in [6, 6.07) is 16.7. The minimum absolute atomic E-state index is 0.0674. The fourth-order valence-electron chi connectivity index (χ4n) is 4.88. The lowest BCUT2D eigenvalue weighted by Gasteiger charge is -2.31. The molecule has 1 N–H and O–H groups in total. The second-order valence-corrected chi connectivity index (χ2v) is 9.34. The number of amides is 2. The average molecular weight is 505 g/mol. The Bertz CT molecular complexity index is 997. The number of rotatable bonds is 8. The molecule has 6 nitrogen and oxygen atoms in total. The minimum Gasteiger partial charge on any atom is -0.369 e. The van der Waals surface area contributed by atoms with Crippen molar-refractivity contribution in [2.45, 2.75) is 75.8 Å². The van der Waals surface area contributed by atoms with Gasteiger partial charge in [0.05, 0.1) is 19.8 Å². The van der Waals surface area contributed by atoms with E-state index in [1.165, 1.54) is 0 Å². The molecular weight excluding hydrogens is 473 g/mol. The van der Waals surface area contributed by atoms with Gasteiger partial charge in [-0.25, -0.2) is 0 Å². The van der Waals surface area contributed by atoms with Crippen LogP contribution in [0, 0.1) is 0 Å². The first-order valence-electron chi connectivity index (χ1n) is 12.3.